The fourth-order valence-corrected chi connectivity index (χ4v) is 3.30. The molecule has 0 spiro atoms. The van der Waals surface area contributed by atoms with Gasteiger partial charge in [-0.25, -0.2) is 8.42 Å². The van der Waals surface area contributed by atoms with Crippen LogP contribution in [0.25, 0.3) is 0 Å². The van der Waals surface area contributed by atoms with Gasteiger partial charge in [0.15, 0.2) is 0 Å². The predicted octanol–water partition coefficient (Wildman–Crippen LogP) is 0.652. The van der Waals surface area contributed by atoms with E-state index in [0.717, 1.165) is 0 Å². The van der Waals surface area contributed by atoms with Gasteiger partial charge in [-0.15, -0.1) is 0 Å². The number of sulfone groups is 1. The van der Waals surface area contributed by atoms with Crippen LogP contribution in [0, 0.1) is 0 Å². The summed E-state index contributed by atoms with van der Waals surface area (Å²) < 4.78 is 24.5. The van der Waals surface area contributed by atoms with E-state index in [1.54, 1.807) is 36.4 Å². The fourth-order valence-electron chi connectivity index (χ4n) is 1.84. The van der Waals surface area contributed by atoms with Crippen LogP contribution in [-0.4, -0.2) is 44.7 Å². The maximum atomic E-state index is 12.2. The van der Waals surface area contributed by atoms with E-state index in [2.05, 4.69) is 0 Å². The van der Waals surface area contributed by atoms with E-state index in [4.69, 9.17) is 5.11 Å². The van der Waals surface area contributed by atoms with Crippen molar-refractivity contribution in [2.45, 2.75) is 4.90 Å². The largest absolute Gasteiger partial charge is 0.395 e. The number of benzene rings is 1. The smallest absolute Gasteiger partial charge is 0.203 e. The van der Waals surface area contributed by atoms with Crippen molar-refractivity contribution < 1.29 is 13.5 Å². The third-order valence-electron chi connectivity index (χ3n) is 2.77. The first kappa shape index (κ1) is 12.3. The van der Waals surface area contributed by atoms with Crippen molar-refractivity contribution in [3.05, 3.63) is 41.3 Å². The normalized spacial score (nSPS) is 17.1. The lowest BCUT2D eigenvalue weighted by Crippen LogP contribution is -2.25. The number of rotatable bonds is 4. The monoisotopic (exact) mass is 253 g/mol. The highest BCUT2D eigenvalue weighted by atomic mass is 32.2. The molecule has 4 nitrogen and oxygen atoms in total. The first-order chi connectivity index (χ1) is 8.14. The van der Waals surface area contributed by atoms with Crippen molar-refractivity contribution >= 4 is 9.84 Å². The minimum absolute atomic E-state index is 0.0481. The van der Waals surface area contributed by atoms with Crippen LogP contribution in [0.1, 0.15) is 0 Å². The highest BCUT2D eigenvalue weighted by Crippen LogP contribution is 2.22. The standard InChI is InChI=1S/C12H15NO3S/c14-9-8-13-7-6-12(10-13)17(15,16)11-4-2-1-3-5-11/h1-6,14H,7-10H2. The highest BCUT2D eigenvalue weighted by molar-refractivity contribution is 7.95. The third-order valence-corrected chi connectivity index (χ3v) is 4.65. The molecule has 17 heavy (non-hydrogen) atoms. The molecule has 0 bridgehead atoms. The summed E-state index contributed by atoms with van der Waals surface area (Å²) in [6, 6.07) is 8.43. The summed E-state index contributed by atoms with van der Waals surface area (Å²) in [6.07, 6.45) is 1.72. The van der Waals surface area contributed by atoms with Gasteiger partial charge >= 0.3 is 0 Å². The van der Waals surface area contributed by atoms with E-state index < -0.39 is 9.84 Å². The maximum absolute atomic E-state index is 12.2. The molecular weight excluding hydrogens is 238 g/mol. The van der Waals surface area contributed by atoms with Crippen LogP contribution in [0.4, 0.5) is 0 Å². The molecule has 0 unspecified atom stereocenters. The maximum Gasteiger partial charge on any atom is 0.203 e. The lowest BCUT2D eigenvalue weighted by Gasteiger charge is -2.13. The molecule has 0 amide bonds. The fraction of sp³-hybridized carbons (Fsp3) is 0.333. The number of hydrogen-bond donors (Lipinski definition) is 1. The number of aliphatic hydroxyl groups is 1. The summed E-state index contributed by atoms with van der Waals surface area (Å²) in [4.78, 5) is 2.66. The molecule has 0 fully saturated rings. The molecule has 5 heteroatoms. The van der Waals surface area contributed by atoms with E-state index >= 15 is 0 Å². The molecule has 1 aliphatic rings. The molecule has 1 aromatic carbocycles. The van der Waals surface area contributed by atoms with Gasteiger partial charge in [-0.3, -0.25) is 4.90 Å². The summed E-state index contributed by atoms with van der Waals surface area (Å²) in [5.41, 5.74) is 0. The average Bonchev–Trinajstić information content (AvgIpc) is 2.80. The Morgan fingerprint density at radius 3 is 2.59 bits per heavy atom. The number of aliphatic hydroxyl groups excluding tert-OH is 1. The summed E-state index contributed by atoms with van der Waals surface area (Å²) >= 11 is 0. The molecule has 2 rings (SSSR count). The Balaban J connectivity index is 2.19. The SMILES string of the molecule is O=S(=O)(C1=CCN(CCO)C1)c1ccccc1. The van der Waals surface area contributed by atoms with Crippen LogP contribution in [0.5, 0.6) is 0 Å². The van der Waals surface area contributed by atoms with Gasteiger partial charge in [-0.05, 0) is 12.1 Å². The molecule has 92 valence electrons. The lowest BCUT2D eigenvalue weighted by molar-refractivity contribution is 0.226. The van der Waals surface area contributed by atoms with Crippen molar-refractivity contribution in [2.24, 2.45) is 0 Å². The molecule has 0 aliphatic carbocycles. The average molecular weight is 253 g/mol. The molecule has 1 N–H and O–H groups in total. The molecule has 0 saturated carbocycles. The van der Waals surface area contributed by atoms with E-state index in [1.807, 2.05) is 4.90 Å². The second kappa shape index (κ2) is 5.00. The first-order valence-corrected chi connectivity index (χ1v) is 6.95. The van der Waals surface area contributed by atoms with Crippen molar-refractivity contribution in [2.75, 3.05) is 26.2 Å². The molecule has 0 radical (unpaired) electrons. The van der Waals surface area contributed by atoms with Crippen LogP contribution in [0.2, 0.25) is 0 Å². The first-order valence-electron chi connectivity index (χ1n) is 5.47. The van der Waals surface area contributed by atoms with Crippen molar-refractivity contribution in [3.63, 3.8) is 0 Å². The number of hydrogen-bond acceptors (Lipinski definition) is 4. The summed E-state index contributed by atoms with van der Waals surface area (Å²) in [6.45, 7) is 1.52. The lowest BCUT2D eigenvalue weighted by atomic mass is 10.4. The van der Waals surface area contributed by atoms with Crippen molar-refractivity contribution in [3.8, 4) is 0 Å². The van der Waals surface area contributed by atoms with Crippen LogP contribution in [0.3, 0.4) is 0 Å². The minimum Gasteiger partial charge on any atom is -0.395 e. The Bertz CT molecular complexity index is 508. The quantitative estimate of drug-likeness (QED) is 0.856. The van der Waals surface area contributed by atoms with Crippen LogP contribution in [-0.2, 0) is 9.84 Å². The van der Waals surface area contributed by atoms with Crippen LogP contribution < -0.4 is 0 Å². The van der Waals surface area contributed by atoms with E-state index in [0.29, 0.717) is 29.4 Å². The molecule has 0 atom stereocenters. The van der Waals surface area contributed by atoms with Gasteiger partial charge in [0.2, 0.25) is 9.84 Å². The van der Waals surface area contributed by atoms with Gasteiger partial charge in [-0.2, -0.15) is 0 Å². The second-order valence-electron chi connectivity index (χ2n) is 3.95. The zero-order valence-electron chi connectivity index (χ0n) is 9.41. The van der Waals surface area contributed by atoms with Crippen molar-refractivity contribution in [1.29, 1.82) is 0 Å². The molecule has 1 aliphatic heterocycles. The van der Waals surface area contributed by atoms with Crippen molar-refractivity contribution in [1.82, 2.24) is 4.90 Å². The molecule has 1 aromatic rings. The molecule has 0 saturated heterocycles. The minimum atomic E-state index is -3.35. The van der Waals surface area contributed by atoms with Crippen LogP contribution in [0.15, 0.2) is 46.2 Å². The van der Waals surface area contributed by atoms with Gasteiger partial charge in [0.25, 0.3) is 0 Å². The Morgan fingerprint density at radius 2 is 1.94 bits per heavy atom. The molecule has 1 heterocycles. The van der Waals surface area contributed by atoms with Gasteiger partial charge in [-0.1, -0.05) is 24.3 Å². The number of β-amino-alcohol motifs (C(OH)–C–C–N with tert-alkyl or cyclic N) is 1. The zero-order valence-corrected chi connectivity index (χ0v) is 10.2. The van der Waals surface area contributed by atoms with E-state index in [9.17, 15) is 8.42 Å². The highest BCUT2D eigenvalue weighted by Gasteiger charge is 2.25. The van der Waals surface area contributed by atoms with E-state index in [-0.39, 0.29) is 6.61 Å². The summed E-state index contributed by atoms with van der Waals surface area (Å²) in [7, 11) is -3.35. The Hall–Kier alpha value is -1.17. The Kier molecular flexibility index (Phi) is 3.61. The van der Waals surface area contributed by atoms with Gasteiger partial charge in [0.1, 0.15) is 0 Å². The summed E-state index contributed by atoms with van der Waals surface area (Å²) in [5.74, 6) is 0. The third kappa shape index (κ3) is 2.57. The Morgan fingerprint density at radius 1 is 1.24 bits per heavy atom. The van der Waals surface area contributed by atoms with Gasteiger partial charge < -0.3 is 5.11 Å². The van der Waals surface area contributed by atoms with Crippen LogP contribution >= 0.6 is 0 Å². The Labute approximate surface area is 101 Å². The summed E-state index contributed by atoms with van der Waals surface area (Å²) in [5, 5.41) is 8.82. The van der Waals surface area contributed by atoms with Gasteiger partial charge in [0.05, 0.1) is 16.4 Å². The molecular formula is C12H15NO3S. The van der Waals surface area contributed by atoms with Gasteiger partial charge in [0, 0.05) is 19.6 Å². The number of nitrogens with zero attached hydrogens (tertiary/aromatic N) is 1. The topological polar surface area (TPSA) is 57.6 Å². The predicted molar refractivity (Wildman–Crippen MR) is 65.2 cm³/mol. The molecule has 0 aromatic heterocycles. The zero-order chi connectivity index (χ0) is 12.3. The second-order valence-corrected chi connectivity index (χ2v) is 5.95. The van der Waals surface area contributed by atoms with E-state index in [1.165, 1.54) is 0 Å².